The van der Waals surface area contributed by atoms with E-state index in [2.05, 4.69) is 36.3 Å². The molecule has 1 aromatic carbocycles. The van der Waals surface area contributed by atoms with E-state index in [4.69, 9.17) is 4.74 Å². The minimum atomic E-state index is -0.547. The van der Waals surface area contributed by atoms with E-state index in [0.29, 0.717) is 12.5 Å². The van der Waals surface area contributed by atoms with Gasteiger partial charge in [-0.15, -0.1) is 11.3 Å². The average Bonchev–Trinajstić information content (AvgIpc) is 2.90. The first kappa shape index (κ1) is 17.5. The fraction of sp³-hybridized carbons (Fsp3) is 0.444. The molecule has 0 aliphatic carbocycles. The highest BCUT2D eigenvalue weighted by atomic mass is 32.1. The molecule has 0 saturated carbocycles. The number of aromatic nitrogens is 1. The lowest BCUT2D eigenvalue weighted by atomic mass is 10.0. The SMILES string of the molecule is Cc1ccc(C(C)C)c(OC(C)C(=O)NCc2csc(C)n2)c1. The van der Waals surface area contributed by atoms with Gasteiger partial charge >= 0.3 is 0 Å². The highest BCUT2D eigenvalue weighted by Gasteiger charge is 2.17. The van der Waals surface area contributed by atoms with E-state index in [1.807, 2.05) is 25.3 Å². The maximum absolute atomic E-state index is 12.2. The number of ether oxygens (including phenoxy) is 1. The third kappa shape index (κ3) is 4.79. The van der Waals surface area contributed by atoms with Gasteiger partial charge in [-0.05, 0) is 43.9 Å². The minimum Gasteiger partial charge on any atom is -0.481 e. The molecule has 5 heteroatoms. The molecular weight excluding hydrogens is 308 g/mol. The van der Waals surface area contributed by atoms with Crippen LogP contribution in [0.5, 0.6) is 5.75 Å². The molecule has 0 spiro atoms. The number of aryl methyl sites for hydroxylation is 2. The van der Waals surface area contributed by atoms with Gasteiger partial charge in [0, 0.05) is 5.38 Å². The molecule has 4 nitrogen and oxygen atoms in total. The van der Waals surface area contributed by atoms with Crippen LogP contribution >= 0.6 is 11.3 Å². The molecule has 2 aromatic rings. The van der Waals surface area contributed by atoms with Crippen molar-refractivity contribution in [3.63, 3.8) is 0 Å². The first-order valence-corrected chi connectivity index (χ1v) is 8.70. The Labute approximate surface area is 141 Å². The molecule has 0 radical (unpaired) electrons. The van der Waals surface area contributed by atoms with Gasteiger partial charge in [-0.3, -0.25) is 4.79 Å². The van der Waals surface area contributed by atoms with Crippen LogP contribution in [-0.2, 0) is 11.3 Å². The van der Waals surface area contributed by atoms with Crippen LogP contribution in [0.25, 0.3) is 0 Å². The number of amides is 1. The van der Waals surface area contributed by atoms with E-state index in [1.54, 1.807) is 18.3 Å². The van der Waals surface area contributed by atoms with Crippen molar-refractivity contribution in [3.8, 4) is 5.75 Å². The van der Waals surface area contributed by atoms with Gasteiger partial charge in [-0.25, -0.2) is 4.98 Å². The lowest BCUT2D eigenvalue weighted by Crippen LogP contribution is -2.36. The monoisotopic (exact) mass is 332 g/mol. The molecule has 1 heterocycles. The number of nitrogens with zero attached hydrogens (tertiary/aromatic N) is 1. The van der Waals surface area contributed by atoms with E-state index in [0.717, 1.165) is 27.6 Å². The Bertz CT molecular complexity index is 679. The number of thiazole rings is 1. The molecule has 1 aromatic heterocycles. The molecule has 1 N–H and O–H groups in total. The smallest absolute Gasteiger partial charge is 0.261 e. The molecule has 124 valence electrons. The van der Waals surface area contributed by atoms with E-state index in [-0.39, 0.29) is 5.91 Å². The van der Waals surface area contributed by atoms with Crippen LogP contribution in [0.2, 0.25) is 0 Å². The Morgan fingerprint density at radius 3 is 2.65 bits per heavy atom. The van der Waals surface area contributed by atoms with Gasteiger partial charge < -0.3 is 10.1 Å². The summed E-state index contributed by atoms with van der Waals surface area (Å²) in [6.07, 6.45) is -0.547. The number of hydrogen-bond acceptors (Lipinski definition) is 4. The van der Waals surface area contributed by atoms with Gasteiger partial charge in [0.2, 0.25) is 0 Å². The molecule has 2 rings (SSSR count). The fourth-order valence-electron chi connectivity index (χ4n) is 2.28. The Kier molecular flexibility index (Phi) is 5.77. The topological polar surface area (TPSA) is 51.2 Å². The summed E-state index contributed by atoms with van der Waals surface area (Å²) < 4.78 is 5.91. The third-order valence-electron chi connectivity index (χ3n) is 3.57. The Morgan fingerprint density at radius 1 is 1.30 bits per heavy atom. The van der Waals surface area contributed by atoms with Crippen molar-refractivity contribution in [2.45, 2.75) is 53.2 Å². The Morgan fingerprint density at radius 2 is 2.04 bits per heavy atom. The molecule has 0 saturated heterocycles. The third-order valence-corrected chi connectivity index (χ3v) is 4.40. The second-order valence-electron chi connectivity index (χ2n) is 6.03. The molecule has 0 bridgehead atoms. The van der Waals surface area contributed by atoms with Crippen molar-refractivity contribution in [3.05, 3.63) is 45.4 Å². The van der Waals surface area contributed by atoms with Crippen molar-refractivity contribution in [2.24, 2.45) is 0 Å². The zero-order valence-electron chi connectivity index (χ0n) is 14.3. The summed E-state index contributed by atoms with van der Waals surface area (Å²) in [7, 11) is 0. The van der Waals surface area contributed by atoms with Crippen LogP contribution in [0.3, 0.4) is 0 Å². The van der Waals surface area contributed by atoms with Gasteiger partial charge in [0.25, 0.3) is 5.91 Å². The minimum absolute atomic E-state index is 0.133. The zero-order valence-corrected chi connectivity index (χ0v) is 15.2. The van der Waals surface area contributed by atoms with Crippen LogP contribution in [0.1, 0.15) is 48.5 Å². The second-order valence-corrected chi connectivity index (χ2v) is 7.09. The van der Waals surface area contributed by atoms with Crippen LogP contribution in [0.4, 0.5) is 0 Å². The van der Waals surface area contributed by atoms with Gasteiger partial charge in [0.05, 0.1) is 17.2 Å². The van der Waals surface area contributed by atoms with Crippen LogP contribution < -0.4 is 10.1 Å². The maximum Gasteiger partial charge on any atom is 0.261 e. The maximum atomic E-state index is 12.2. The summed E-state index contributed by atoms with van der Waals surface area (Å²) in [4.78, 5) is 16.6. The molecule has 0 aliphatic heterocycles. The quantitative estimate of drug-likeness (QED) is 0.871. The first-order valence-electron chi connectivity index (χ1n) is 7.82. The first-order chi connectivity index (χ1) is 10.9. The molecular formula is C18H24N2O2S. The molecule has 1 unspecified atom stereocenters. The largest absolute Gasteiger partial charge is 0.481 e. The highest BCUT2D eigenvalue weighted by molar-refractivity contribution is 7.09. The lowest BCUT2D eigenvalue weighted by molar-refractivity contribution is -0.127. The number of carbonyl (C=O) groups excluding carboxylic acids is 1. The van der Waals surface area contributed by atoms with Crippen molar-refractivity contribution in [1.82, 2.24) is 10.3 Å². The zero-order chi connectivity index (χ0) is 17.0. The molecule has 1 amide bonds. The standard InChI is InChI=1S/C18H24N2O2S/c1-11(2)16-7-6-12(3)8-17(16)22-13(4)18(21)19-9-15-10-23-14(5)20-15/h6-8,10-11,13H,9H2,1-5H3,(H,19,21). The van der Waals surface area contributed by atoms with Gasteiger partial charge in [0.15, 0.2) is 6.10 Å². The van der Waals surface area contributed by atoms with E-state index in [1.165, 1.54) is 0 Å². The molecule has 0 fully saturated rings. The van der Waals surface area contributed by atoms with Crippen molar-refractivity contribution in [1.29, 1.82) is 0 Å². The Balaban J connectivity index is 1.99. The van der Waals surface area contributed by atoms with E-state index >= 15 is 0 Å². The number of hydrogen-bond donors (Lipinski definition) is 1. The molecule has 23 heavy (non-hydrogen) atoms. The number of carbonyl (C=O) groups is 1. The fourth-order valence-corrected chi connectivity index (χ4v) is 2.89. The van der Waals surface area contributed by atoms with Crippen LogP contribution in [0.15, 0.2) is 23.6 Å². The molecule has 1 atom stereocenters. The Hall–Kier alpha value is -1.88. The predicted octanol–water partition coefficient (Wildman–Crippen LogP) is 3.97. The normalized spacial score (nSPS) is 12.3. The average molecular weight is 332 g/mol. The summed E-state index contributed by atoms with van der Waals surface area (Å²) in [6.45, 7) is 10.4. The summed E-state index contributed by atoms with van der Waals surface area (Å²) in [5, 5.41) is 5.83. The summed E-state index contributed by atoms with van der Waals surface area (Å²) >= 11 is 1.58. The van der Waals surface area contributed by atoms with E-state index in [9.17, 15) is 4.79 Å². The van der Waals surface area contributed by atoms with Gasteiger partial charge in [-0.1, -0.05) is 26.0 Å². The number of nitrogens with one attached hydrogen (secondary N) is 1. The number of rotatable bonds is 6. The van der Waals surface area contributed by atoms with Gasteiger partial charge in [0.1, 0.15) is 5.75 Å². The van der Waals surface area contributed by atoms with Crippen molar-refractivity contribution < 1.29 is 9.53 Å². The van der Waals surface area contributed by atoms with Crippen LogP contribution in [-0.4, -0.2) is 17.0 Å². The number of benzene rings is 1. The second kappa shape index (κ2) is 7.59. The molecule has 0 aliphatic rings. The predicted molar refractivity (Wildman–Crippen MR) is 94.1 cm³/mol. The van der Waals surface area contributed by atoms with Crippen molar-refractivity contribution >= 4 is 17.2 Å². The van der Waals surface area contributed by atoms with E-state index < -0.39 is 6.10 Å². The van der Waals surface area contributed by atoms with Crippen molar-refractivity contribution in [2.75, 3.05) is 0 Å². The highest BCUT2D eigenvalue weighted by Crippen LogP contribution is 2.28. The lowest BCUT2D eigenvalue weighted by Gasteiger charge is -2.19. The van der Waals surface area contributed by atoms with Gasteiger partial charge in [-0.2, -0.15) is 0 Å². The summed E-state index contributed by atoms with van der Waals surface area (Å²) in [5.74, 6) is 0.998. The van der Waals surface area contributed by atoms with Crippen LogP contribution in [0, 0.1) is 13.8 Å². The summed E-state index contributed by atoms with van der Waals surface area (Å²) in [5.41, 5.74) is 3.12. The summed E-state index contributed by atoms with van der Waals surface area (Å²) in [6, 6.07) is 6.12.